The van der Waals surface area contributed by atoms with E-state index in [0.29, 0.717) is 6.42 Å². The summed E-state index contributed by atoms with van der Waals surface area (Å²) in [7, 11) is 0. The van der Waals surface area contributed by atoms with E-state index in [9.17, 15) is 9.90 Å². The zero-order valence-corrected chi connectivity index (χ0v) is 12.3. The van der Waals surface area contributed by atoms with Crippen molar-refractivity contribution in [3.63, 3.8) is 0 Å². The summed E-state index contributed by atoms with van der Waals surface area (Å²) < 4.78 is 1.89. The molecule has 1 atom stereocenters. The summed E-state index contributed by atoms with van der Waals surface area (Å²) in [4.78, 5) is 11.5. The molecule has 2 rings (SSSR count). The van der Waals surface area contributed by atoms with Gasteiger partial charge in [-0.05, 0) is 37.5 Å². The van der Waals surface area contributed by atoms with E-state index in [2.05, 4.69) is 18.2 Å². The zero-order chi connectivity index (χ0) is 14.7. The summed E-state index contributed by atoms with van der Waals surface area (Å²) in [6.45, 7) is 6.06. The van der Waals surface area contributed by atoms with Gasteiger partial charge in [-0.2, -0.15) is 0 Å². The number of hydrogen-bond acceptors (Lipinski definition) is 1. The lowest BCUT2D eigenvalue weighted by Crippen LogP contribution is -2.19. The number of hydrogen-bond donors (Lipinski definition) is 1. The number of carboxylic acids is 1. The molecule has 0 aliphatic rings. The van der Waals surface area contributed by atoms with Crippen molar-refractivity contribution < 1.29 is 9.90 Å². The van der Waals surface area contributed by atoms with Crippen molar-refractivity contribution in [3.8, 4) is 11.3 Å². The molecule has 3 nitrogen and oxygen atoms in total. The Hall–Kier alpha value is -2.03. The quantitative estimate of drug-likeness (QED) is 0.885. The Morgan fingerprint density at radius 2 is 1.85 bits per heavy atom. The maximum absolute atomic E-state index is 11.5. The first-order chi connectivity index (χ1) is 9.52. The molecule has 2 aromatic rings. The van der Waals surface area contributed by atoms with Crippen LogP contribution in [0.1, 0.15) is 36.9 Å². The van der Waals surface area contributed by atoms with E-state index < -0.39 is 12.0 Å². The van der Waals surface area contributed by atoms with E-state index in [1.165, 1.54) is 5.56 Å². The van der Waals surface area contributed by atoms with Gasteiger partial charge in [0.15, 0.2) is 0 Å². The predicted molar refractivity (Wildman–Crippen MR) is 80.9 cm³/mol. The molecule has 106 valence electrons. The zero-order valence-electron chi connectivity index (χ0n) is 12.3. The number of aromatic nitrogens is 1. The van der Waals surface area contributed by atoms with Crippen molar-refractivity contribution in [2.75, 3.05) is 0 Å². The fourth-order valence-electron chi connectivity index (χ4n) is 2.49. The number of rotatable bonds is 5. The second kappa shape index (κ2) is 5.95. The van der Waals surface area contributed by atoms with Crippen LogP contribution in [-0.4, -0.2) is 15.6 Å². The summed E-state index contributed by atoms with van der Waals surface area (Å²) in [6, 6.07) is 9.76. The first-order valence-electron chi connectivity index (χ1n) is 7.01. The van der Waals surface area contributed by atoms with Gasteiger partial charge < -0.3 is 9.67 Å². The lowest BCUT2D eigenvalue weighted by atomic mass is 10.1. The molecule has 0 fully saturated rings. The highest BCUT2D eigenvalue weighted by atomic mass is 16.4. The van der Waals surface area contributed by atoms with Gasteiger partial charge in [0.1, 0.15) is 6.04 Å². The Balaban J connectivity index is 2.49. The van der Waals surface area contributed by atoms with Crippen LogP contribution in [0.5, 0.6) is 0 Å². The van der Waals surface area contributed by atoms with Crippen molar-refractivity contribution >= 4 is 5.97 Å². The average Bonchev–Trinajstić information content (AvgIpc) is 2.78. The van der Waals surface area contributed by atoms with Gasteiger partial charge in [-0.1, -0.05) is 43.2 Å². The topological polar surface area (TPSA) is 42.2 Å². The molecule has 1 unspecified atom stereocenters. The third kappa shape index (κ3) is 2.93. The number of benzene rings is 1. The Labute approximate surface area is 119 Å². The molecule has 0 bridgehead atoms. The minimum absolute atomic E-state index is 0.495. The maximum atomic E-state index is 11.5. The standard InChI is InChI=1S/C17H21NO2/c1-4-5-15(17(19)20)18-11-13(3)10-16(18)14-8-6-12(2)7-9-14/h6-11,15H,4-5H2,1-3H3,(H,19,20). The molecule has 1 aromatic heterocycles. The normalized spacial score (nSPS) is 12.3. The molecule has 3 heteroatoms. The number of carbonyl (C=O) groups is 1. The van der Waals surface area contributed by atoms with E-state index in [-0.39, 0.29) is 0 Å². The van der Waals surface area contributed by atoms with E-state index in [4.69, 9.17) is 0 Å². The van der Waals surface area contributed by atoms with Crippen LogP contribution in [0.3, 0.4) is 0 Å². The van der Waals surface area contributed by atoms with Gasteiger partial charge in [-0.15, -0.1) is 0 Å². The van der Waals surface area contributed by atoms with Crippen molar-refractivity contribution in [2.24, 2.45) is 0 Å². The van der Waals surface area contributed by atoms with Gasteiger partial charge in [0.25, 0.3) is 0 Å². The van der Waals surface area contributed by atoms with Crippen LogP contribution in [0, 0.1) is 13.8 Å². The molecule has 0 saturated carbocycles. The Morgan fingerprint density at radius 1 is 1.20 bits per heavy atom. The Kier molecular flexibility index (Phi) is 4.28. The van der Waals surface area contributed by atoms with E-state index in [1.54, 1.807) is 0 Å². The molecule has 1 aromatic carbocycles. The highest BCUT2D eigenvalue weighted by Crippen LogP contribution is 2.28. The van der Waals surface area contributed by atoms with Gasteiger partial charge in [0, 0.05) is 11.9 Å². The molecule has 0 radical (unpaired) electrons. The summed E-state index contributed by atoms with van der Waals surface area (Å²) in [5.41, 5.74) is 4.32. The minimum Gasteiger partial charge on any atom is -0.480 e. The molecule has 0 saturated heterocycles. The smallest absolute Gasteiger partial charge is 0.326 e. The molecule has 0 aliphatic carbocycles. The SMILES string of the molecule is CCCC(C(=O)O)n1cc(C)cc1-c1ccc(C)cc1. The molecule has 0 spiro atoms. The van der Waals surface area contributed by atoms with Crippen LogP contribution in [0.2, 0.25) is 0 Å². The largest absolute Gasteiger partial charge is 0.480 e. The Morgan fingerprint density at radius 3 is 2.40 bits per heavy atom. The van der Waals surface area contributed by atoms with E-state index in [0.717, 1.165) is 23.2 Å². The van der Waals surface area contributed by atoms with Crippen molar-refractivity contribution in [3.05, 3.63) is 47.7 Å². The average molecular weight is 271 g/mol. The fourth-order valence-corrected chi connectivity index (χ4v) is 2.49. The molecule has 0 aliphatic heterocycles. The summed E-state index contributed by atoms with van der Waals surface area (Å²) in [5, 5.41) is 9.46. The number of aryl methyl sites for hydroxylation is 2. The summed E-state index contributed by atoms with van der Waals surface area (Å²) >= 11 is 0. The first-order valence-corrected chi connectivity index (χ1v) is 7.01. The van der Waals surface area contributed by atoms with Crippen molar-refractivity contribution in [1.29, 1.82) is 0 Å². The third-order valence-electron chi connectivity index (χ3n) is 3.52. The van der Waals surface area contributed by atoms with Crippen molar-refractivity contribution in [2.45, 2.75) is 39.7 Å². The van der Waals surface area contributed by atoms with Crippen LogP contribution in [0.4, 0.5) is 0 Å². The van der Waals surface area contributed by atoms with Crippen LogP contribution in [0.25, 0.3) is 11.3 Å². The molecule has 20 heavy (non-hydrogen) atoms. The van der Waals surface area contributed by atoms with Gasteiger partial charge in [-0.25, -0.2) is 4.79 Å². The molecule has 1 N–H and O–H groups in total. The van der Waals surface area contributed by atoms with Crippen molar-refractivity contribution in [1.82, 2.24) is 4.57 Å². The number of aliphatic carboxylic acids is 1. The van der Waals surface area contributed by atoms with Gasteiger partial charge >= 0.3 is 5.97 Å². The summed E-state index contributed by atoms with van der Waals surface area (Å²) in [5.74, 6) is -0.768. The van der Waals surface area contributed by atoms with E-state index >= 15 is 0 Å². The van der Waals surface area contributed by atoms with Crippen LogP contribution in [-0.2, 0) is 4.79 Å². The first kappa shape index (κ1) is 14.4. The second-order valence-electron chi connectivity index (χ2n) is 5.32. The van der Waals surface area contributed by atoms with Gasteiger partial charge in [-0.3, -0.25) is 0 Å². The molecular weight excluding hydrogens is 250 g/mol. The maximum Gasteiger partial charge on any atom is 0.326 e. The lowest BCUT2D eigenvalue weighted by Gasteiger charge is -2.17. The lowest BCUT2D eigenvalue weighted by molar-refractivity contribution is -0.141. The van der Waals surface area contributed by atoms with Gasteiger partial charge in [0.2, 0.25) is 0 Å². The monoisotopic (exact) mass is 271 g/mol. The highest BCUT2D eigenvalue weighted by molar-refractivity contribution is 5.74. The predicted octanol–water partition coefficient (Wildman–Crippen LogP) is 4.20. The third-order valence-corrected chi connectivity index (χ3v) is 3.52. The number of carboxylic acid groups (broad SMARTS) is 1. The molecular formula is C17H21NO2. The van der Waals surface area contributed by atoms with E-state index in [1.807, 2.05) is 43.7 Å². The Bertz CT molecular complexity index is 596. The molecule has 0 amide bonds. The molecule has 1 heterocycles. The fraction of sp³-hybridized carbons (Fsp3) is 0.353. The highest BCUT2D eigenvalue weighted by Gasteiger charge is 2.21. The van der Waals surface area contributed by atoms with Crippen LogP contribution >= 0.6 is 0 Å². The minimum atomic E-state index is -0.768. The van der Waals surface area contributed by atoms with Crippen LogP contribution in [0.15, 0.2) is 36.5 Å². The number of nitrogens with zero attached hydrogens (tertiary/aromatic N) is 1. The van der Waals surface area contributed by atoms with Crippen LogP contribution < -0.4 is 0 Å². The summed E-state index contributed by atoms with van der Waals surface area (Å²) in [6.07, 6.45) is 3.42. The van der Waals surface area contributed by atoms with Gasteiger partial charge in [0.05, 0.1) is 0 Å². The second-order valence-corrected chi connectivity index (χ2v) is 5.32.